The molecule has 1 amide bonds. The molecule has 0 atom stereocenters. The summed E-state index contributed by atoms with van der Waals surface area (Å²) in [6.07, 6.45) is 2.32. The van der Waals surface area contributed by atoms with Crippen molar-refractivity contribution < 1.29 is 14.3 Å². The Morgan fingerprint density at radius 3 is 2.45 bits per heavy atom. The van der Waals surface area contributed by atoms with Crippen molar-refractivity contribution in [1.82, 2.24) is 20.2 Å². The molecule has 0 unspecified atom stereocenters. The second-order valence-corrected chi connectivity index (χ2v) is 10.3. The van der Waals surface area contributed by atoms with Crippen LogP contribution in [0, 0.1) is 5.41 Å². The van der Waals surface area contributed by atoms with Crippen LogP contribution in [0.1, 0.15) is 44.9 Å². The van der Waals surface area contributed by atoms with E-state index < -0.39 is 5.41 Å². The maximum absolute atomic E-state index is 12.5. The Bertz CT molecular complexity index is 1640. The number of carbonyl (C=O) groups is 1. The molecule has 2 aromatic heterocycles. The Hall–Kier alpha value is -4.53. The molecule has 0 saturated carbocycles. The van der Waals surface area contributed by atoms with Crippen LogP contribution in [0.25, 0.3) is 22.2 Å². The van der Waals surface area contributed by atoms with Gasteiger partial charge in [0.1, 0.15) is 17.0 Å². The van der Waals surface area contributed by atoms with Gasteiger partial charge in [-0.25, -0.2) is 15.1 Å². The molecule has 0 spiro atoms. The highest BCUT2D eigenvalue weighted by atomic mass is 16.5. The number of ether oxygens (including phenoxy) is 2. The van der Waals surface area contributed by atoms with E-state index >= 15 is 0 Å². The van der Waals surface area contributed by atoms with E-state index in [4.69, 9.17) is 14.5 Å². The Balaban J connectivity index is 1.21. The first-order chi connectivity index (χ1) is 19.3. The SMILES string of the molecule is CCc1ccc2c(-c3ccc(=O)n(CCCCOc4ccc(C5=NNC(=O)C5(C)C)cc4)n3)ccc(OC)c2n1. The van der Waals surface area contributed by atoms with Crippen LogP contribution in [0.2, 0.25) is 0 Å². The first-order valence-electron chi connectivity index (χ1n) is 13.5. The number of methoxy groups -OCH3 is 1. The topological polar surface area (TPSA) is 108 Å². The second kappa shape index (κ2) is 11.3. The van der Waals surface area contributed by atoms with Crippen LogP contribution in [-0.2, 0) is 17.8 Å². The number of nitrogens with zero attached hydrogens (tertiary/aromatic N) is 4. The van der Waals surface area contributed by atoms with E-state index in [0.29, 0.717) is 30.3 Å². The third kappa shape index (κ3) is 5.32. The quantitative estimate of drug-likeness (QED) is 0.292. The van der Waals surface area contributed by atoms with Crippen LogP contribution < -0.4 is 20.5 Å². The number of hydrogen-bond donors (Lipinski definition) is 1. The van der Waals surface area contributed by atoms with E-state index in [2.05, 4.69) is 22.5 Å². The number of unbranched alkanes of at least 4 members (excludes halogenated alkanes) is 1. The summed E-state index contributed by atoms with van der Waals surface area (Å²) in [6, 6.07) is 18.8. The minimum atomic E-state index is -0.665. The van der Waals surface area contributed by atoms with E-state index in [1.807, 2.05) is 62.4 Å². The molecule has 5 rings (SSSR count). The lowest BCUT2D eigenvalue weighted by Crippen LogP contribution is -2.32. The molecule has 3 heterocycles. The van der Waals surface area contributed by atoms with Crippen LogP contribution in [0.5, 0.6) is 11.5 Å². The Morgan fingerprint density at radius 1 is 0.950 bits per heavy atom. The molecular weight excluding hydrogens is 506 g/mol. The third-order valence-corrected chi connectivity index (χ3v) is 7.19. The van der Waals surface area contributed by atoms with Gasteiger partial charge in [-0.05, 0) is 87.2 Å². The van der Waals surface area contributed by atoms with Crippen LogP contribution in [0.3, 0.4) is 0 Å². The number of carbonyl (C=O) groups excluding carboxylic acids is 1. The number of aromatic nitrogens is 3. The zero-order chi connectivity index (χ0) is 28.3. The monoisotopic (exact) mass is 539 g/mol. The van der Waals surface area contributed by atoms with E-state index in [0.717, 1.165) is 52.7 Å². The number of rotatable bonds is 10. The highest BCUT2D eigenvalue weighted by Crippen LogP contribution is 2.32. The van der Waals surface area contributed by atoms with Crippen molar-refractivity contribution in [2.45, 2.75) is 46.6 Å². The largest absolute Gasteiger partial charge is 0.494 e. The van der Waals surface area contributed by atoms with Gasteiger partial charge in [0.05, 0.1) is 30.5 Å². The predicted molar refractivity (Wildman–Crippen MR) is 155 cm³/mol. The van der Waals surface area contributed by atoms with Gasteiger partial charge in [-0.3, -0.25) is 9.59 Å². The number of fused-ring (bicyclic) bond motifs is 1. The fourth-order valence-corrected chi connectivity index (χ4v) is 4.75. The molecule has 9 nitrogen and oxygen atoms in total. The summed E-state index contributed by atoms with van der Waals surface area (Å²) >= 11 is 0. The minimum absolute atomic E-state index is 0.109. The van der Waals surface area contributed by atoms with E-state index in [1.54, 1.807) is 19.2 Å². The van der Waals surface area contributed by atoms with Crippen LogP contribution in [0.4, 0.5) is 0 Å². The average molecular weight is 540 g/mol. The van der Waals surface area contributed by atoms with E-state index in [1.165, 1.54) is 4.68 Å². The second-order valence-electron chi connectivity index (χ2n) is 10.3. The summed E-state index contributed by atoms with van der Waals surface area (Å²) in [6.45, 7) is 6.77. The smallest absolute Gasteiger partial charge is 0.266 e. The van der Waals surface area contributed by atoms with Crippen molar-refractivity contribution >= 4 is 22.5 Å². The molecule has 1 N–H and O–H groups in total. The highest BCUT2D eigenvalue weighted by Gasteiger charge is 2.39. The number of amides is 1. The number of hydrogen-bond acceptors (Lipinski definition) is 7. The summed E-state index contributed by atoms with van der Waals surface area (Å²) in [5.41, 5.74) is 6.72. The molecule has 206 valence electrons. The molecule has 0 fully saturated rings. The minimum Gasteiger partial charge on any atom is -0.494 e. The number of pyridine rings is 1. The van der Waals surface area contributed by atoms with E-state index in [9.17, 15) is 9.59 Å². The molecule has 40 heavy (non-hydrogen) atoms. The van der Waals surface area contributed by atoms with Gasteiger partial charge in [-0.1, -0.05) is 13.0 Å². The van der Waals surface area contributed by atoms with E-state index in [-0.39, 0.29) is 11.5 Å². The molecule has 2 aromatic carbocycles. The first kappa shape index (κ1) is 27.1. The fourth-order valence-electron chi connectivity index (χ4n) is 4.75. The zero-order valence-corrected chi connectivity index (χ0v) is 23.2. The Kier molecular flexibility index (Phi) is 7.64. The summed E-state index contributed by atoms with van der Waals surface area (Å²) in [5, 5.41) is 9.78. The van der Waals surface area contributed by atoms with Crippen LogP contribution in [0.15, 0.2) is 70.6 Å². The molecule has 9 heteroatoms. The summed E-state index contributed by atoms with van der Waals surface area (Å²) < 4.78 is 12.9. The number of aryl methyl sites for hydroxylation is 2. The molecule has 1 aliphatic rings. The predicted octanol–water partition coefficient (Wildman–Crippen LogP) is 4.75. The van der Waals surface area contributed by atoms with Gasteiger partial charge >= 0.3 is 0 Å². The fraction of sp³-hybridized carbons (Fsp3) is 0.323. The zero-order valence-electron chi connectivity index (χ0n) is 23.2. The average Bonchev–Trinajstić information content (AvgIpc) is 3.24. The van der Waals surface area contributed by atoms with Crippen LogP contribution >= 0.6 is 0 Å². The highest BCUT2D eigenvalue weighted by molar-refractivity contribution is 6.19. The summed E-state index contributed by atoms with van der Waals surface area (Å²) in [5.74, 6) is 1.34. The lowest BCUT2D eigenvalue weighted by Gasteiger charge is -2.17. The van der Waals surface area contributed by atoms with Crippen molar-refractivity contribution in [1.29, 1.82) is 0 Å². The van der Waals surface area contributed by atoms with Crippen molar-refractivity contribution in [3.05, 3.63) is 82.3 Å². The van der Waals surface area contributed by atoms with Crippen molar-refractivity contribution in [2.75, 3.05) is 13.7 Å². The lowest BCUT2D eigenvalue weighted by molar-refractivity contribution is -0.125. The number of benzene rings is 2. The maximum atomic E-state index is 12.5. The maximum Gasteiger partial charge on any atom is 0.266 e. The number of hydrazone groups is 1. The van der Waals surface area contributed by atoms with Gasteiger partial charge < -0.3 is 9.47 Å². The lowest BCUT2D eigenvalue weighted by atomic mass is 9.84. The molecular formula is C31H33N5O4. The molecule has 1 aliphatic heterocycles. The van der Waals surface area contributed by atoms with Gasteiger partial charge in [0.2, 0.25) is 0 Å². The van der Waals surface area contributed by atoms with Crippen molar-refractivity contribution in [3.63, 3.8) is 0 Å². The first-order valence-corrected chi connectivity index (χ1v) is 13.5. The normalized spacial score (nSPS) is 14.2. The molecule has 4 aromatic rings. The van der Waals surface area contributed by atoms with Gasteiger partial charge in [0.25, 0.3) is 11.5 Å². The molecule has 0 aliphatic carbocycles. The molecule has 0 bridgehead atoms. The van der Waals surface area contributed by atoms with Gasteiger partial charge in [-0.2, -0.15) is 10.2 Å². The Morgan fingerprint density at radius 2 is 1.75 bits per heavy atom. The standard InChI is InChI=1S/C31H33N5O4/c1-5-21-10-13-24-23(14-16-26(39-4)28(24)32-21)25-15-17-27(37)36(35-25)18-6-7-19-40-22-11-8-20(9-12-22)29-31(2,3)30(38)34-33-29/h8-17H,5-7,18-19H2,1-4H3,(H,34,38). The molecule has 0 saturated heterocycles. The Labute approximate surface area is 232 Å². The van der Waals surface area contributed by atoms with Gasteiger partial charge in [-0.15, -0.1) is 0 Å². The third-order valence-electron chi connectivity index (χ3n) is 7.19. The van der Waals surface area contributed by atoms with Gasteiger partial charge in [0, 0.05) is 29.3 Å². The number of nitrogens with one attached hydrogen (secondary N) is 1. The van der Waals surface area contributed by atoms with Crippen molar-refractivity contribution in [3.8, 4) is 22.8 Å². The summed E-state index contributed by atoms with van der Waals surface area (Å²) in [4.78, 5) is 29.3. The van der Waals surface area contributed by atoms with Crippen LogP contribution in [-0.4, -0.2) is 40.1 Å². The van der Waals surface area contributed by atoms with Crippen molar-refractivity contribution in [2.24, 2.45) is 10.5 Å². The van der Waals surface area contributed by atoms with Gasteiger partial charge in [0.15, 0.2) is 0 Å². The molecule has 0 radical (unpaired) electrons. The summed E-state index contributed by atoms with van der Waals surface area (Å²) in [7, 11) is 1.64.